The third-order valence-corrected chi connectivity index (χ3v) is 18.2. The minimum Gasteiger partial charge on any atom is -0.486 e. The molecule has 4 aromatic heterocycles. The van der Waals surface area contributed by atoms with Gasteiger partial charge in [0.1, 0.15) is 53.7 Å². The lowest BCUT2D eigenvalue weighted by Gasteiger charge is -2.38. The van der Waals surface area contributed by atoms with Crippen LogP contribution in [0.4, 0.5) is 10.2 Å². The van der Waals surface area contributed by atoms with Crippen molar-refractivity contribution in [1.82, 2.24) is 55.7 Å². The zero-order valence-corrected chi connectivity index (χ0v) is 47.4. The summed E-state index contributed by atoms with van der Waals surface area (Å²) in [7, 11) is 0. The van der Waals surface area contributed by atoms with Gasteiger partial charge in [-0.1, -0.05) is 79.2 Å². The number of likely N-dealkylation sites (tertiary alicyclic amines) is 1. The fraction of sp³-hybridized carbons (Fsp3) is 0.424. The van der Waals surface area contributed by atoms with Gasteiger partial charge in [-0.05, 0) is 61.4 Å². The van der Waals surface area contributed by atoms with Gasteiger partial charge in [-0.3, -0.25) is 14.7 Å². The fourth-order valence-corrected chi connectivity index (χ4v) is 13.9. The van der Waals surface area contributed by atoms with Crippen LogP contribution in [0.5, 0.6) is 17.5 Å². The predicted octanol–water partition coefficient (Wildman–Crippen LogP) is 7.81. The standard InChI is InChI=1S/C59H62ClFN12O8S/c1-28(2)51(58(77)71-23-37(75)19-45(71)57(76)65-44(25-74)34-10-12-35(13-11-34)55-30(4)63-27-82-55)72-24-43(69-70-72)33-8-6-32(7-9-33)26-79-54-47(46-29(3)40(61)20-41-39(46)22-64-68-41)49(60)53-48-50(54)66-59(81-38-14-16-78-17-15-38)67-56(48)73-36-18-42(62-21-36)52(73)31(5)80-53/h6-13,20,22,24,27-28,31,36-38,42,44-45,51-52,62,74-75H,14-19,21,23,25-26H2,1-5H3,(H,64,68)(H,65,76)/t31-,36+,37-,42+,44+,45+,51+,52?/m1/s1. The summed E-state index contributed by atoms with van der Waals surface area (Å²) in [4.78, 5) is 48.1. The van der Waals surface area contributed by atoms with Crippen molar-refractivity contribution in [2.75, 3.05) is 37.8 Å². The van der Waals surface area contributed by atoms with Crippen LogP contribution in [0.15, 0.2) is 72.5 Å². The number of aliphatic hydroxyl groups excluding tert-OH is 2. The maximum Gasteiger partial charge on any atom is 0.319 e. The molecule has 20 nitrogen and oxygen atoms in total. The first-order chi connectivity index (χ1) is 39.7. The molecular weight excluding hydrogens is 1090 g/mol. The number of anilines is 1. The summed E-state index contributed by atoms with van der Waals surface area (Å²) in [6.07, 6.45) is 4.20. The summed E-state index contributed by atoms with van der Waals surface area (Å²) in [6, 6.07) is 14.3. The monoisotopic (exact) mass is 1150 g/mol. The second-order valence-electron chi connectivity index (χ2n) is 22.4. The van der Waals surface area contributed by atoms with E-state index in [1.54, 1.807) is 24.8 Å². The molecule has 0 saturated carbocycles. The van der Waals surface area contributed by atoms with E-state index in [0.29, 0.717) is 98.7 Å². The molecule has 9 heterocycles. The van der Waals surface area contributed by atoms with Crippen LogP contribution in [0.1, 0.15) is 80.9 Å². The second-order valence-corrected chi connectivity index (χ2v) is 23.7. The van der Waals surface area contributed by atoms with E-state index in [2.05, 4.69) is 41.0 Å². The molecule has 8 atom stereocenters. The van der Waals surface area contributed by atoms with Crippen LogP contribution in [-0.2, 0) is 20.9 Å². The normalized spacial score (nSPS) is 22.2. The van der Waals surface area contributed by atoms with E-state index >= 15 is 4.39 Å². The average molecular weight is 1150 g/mol. The number of aliphatic hydroxyl groups is 2. The number of nitrogens with zero attached hydrogens (tertiary/aromatic N) is 9. The quantitative estimate of drug-likeness (QED) is 0.0658. The van der Waals surface area contributed by atoms with Crippen LogP contribution in [0.3, 0.4) is 0 Å². The van der Waals surface area contributed by atoms with Gasteiger partial charge in [0, 0.05) is 66.5 Å². The molecule has 2 bridgehead atoms. The zero-order valence-electron chi connectivity index (χ0n) is 45.8. The van der Waals surface area contributed by atoms with Gasteiger partial charge in [-0.15, -0.1) is 16.4 Å². The Hall–Kier alpha value is -7.34. The molecule has 8 aromatic rings. The molecule has 4 fully saturated rings. The largest absolute Gasteiger partial charge is 0.486 e. The smallest absolute Gasteiger partial charge is 0.319 e. The van der Waals surface area contributed by atoms with Gasteiger partial charge in [-0.2, -0.15) is 15.1 Å². The summed E-state index contributed by atoms with van der Waals surface area (Å²) in [5.41, 5.74) is 8.43. The molecule has 5 aliphatic rings. The van der Waals surface area contributed by atoms with Crippen LogP contribution in [-0.4, -0.2) is 142 Å². The Morgan fingerprint density at radius 1 is 1.04 bits per heavy atom. The lowest BCUT2D eigenvalue weighted by molar-refractivity contribution is -0.142. The Balaban J connectivity index is 0.793. The maximum absolute atomic E-state index is 16.1. The minimum absolute atomic E-state index is 0.0280. The molecule has 23 heteroatoms. The number of carbonyl (C=O) groups excluding carboxylic acids is 2. The van der Waals surface area contributed by atoms with Crippen LogP contribution in [0.25, 0.3) is 54.6 Å². The third-order valence-electron chi connectivity index (χ3n) is 16.9. The number of β-amino-alcohol motifs (C(OH)–C–C–N with tert-alkyl or cyclic N) is 1. The topological polar surface area (TPSA) is 240 Å². The summed E-state index contributed by atoms with van der Waals surface area (Å²) in [5.74, 6) is -0.320. The molecule has 2 amide bonds. The van der Waals surface area contributed by atoms with Gasteiger partial charge in [0.2, 0.25) is 11.8 Å². The van der Waals surface area contributed by atoms with E-state index in [9.17, 15) is 19.8 Å². The highest BCUT2D eigenvalue weighted by atomic mass is 35.5. The molecule has 4 aromatic carbocycles. The van der Waals surface area contributed by atoms with E-state index in [4.69, 9.17) is 40.5 Å². The molecule has 0 spiro atoms. The van der Waals surface area contributed by atoms with Crippen molar-refractivity contribution in [1.29, 1.82) is 0 Å². The second kappa shape index (κ2) is 21.8. The number of hydrogen-bond acceptors (Lipinski definition) is 17. The Labute approximate surface area is 480 Å². The summed E-state index contributed by atoms with van der Waals surface area (Å²) in [6.45, 7) is 11.0. The number of halogens is 2. The van der Waals surface area contributed by atoms with E-state index in [0.717, 1.165) is 34.7 Å². The highest BCUT2D eigenvalue weighted by molar-refractivity contribution is 7.13. The van der Waals surface area contributed by atoms with Gasteiger partial charge in [-0.25, -0.2) is 14.1 Å². The van der Waals surface area contributed by atoms with Gasteiger partial charge in [0.15, 0.2) is 11.5 Å². The molecule has 13 rings (SSSR count). The van der Waals surface area contributed by atoms with Gasteiger partial charge < -0.3 is 49.6 Å². The first-order valence-corrected chi connectivity index (χ1v) is 29.1. The molecule has 0 radical (unpaired) electrons. The number of rotatable bonds is 15. The Morgan fingerprint density at radius 2 is 1.82 bits per heavy atom. The van der Waals surface area contributed by atoms with Crippen molar-refractivity contribution in [2.24, 2.45) is 5.92 Å². The summed E-state index contributed by atoms with van der Waals surface area (Å²) >= 11 is 9.23. The number of thiazole rings is 1. The van der Waals surface area contributed by atoms with E-state index < -0.39 is 41.9 Å². The number of fused-ring (bicyclic) bond motifs is 7. The van der Waals surface area contributed by atoms with E-state index in [1.807, 2.05) is 76.2 Å². The molecule has 0 aliphatic carbocycles. The zero-order chi connectivity index (χ0) is 56.7. The van der Waals surface area contributed by atoms with Crippen molar-refractivity contribution in [3.8, 4) is 50.3 Å². The van der Waals surface area contributed by atoms with Crippen molar-refractivity contribution in [3.05, 3.63) is 106 Å². The highest BCUT2D eigenvalue weighted by Gasteiger charge is 2.52. The number of amides is 2. The molecule has 4 saturated heterocycles. The molecule has 5 aliphatic heterocycles. The average Bonchev–Trinajstić information content (AvgIpc) is 3.67. The Morgan fingerprint density at radius 3 is 2.56 bits per heavy atom. The number of ether oxygens (including phenoxy) is 4. The number of H-pyrrole nitrogens is 1. The number of benzene rings is 4. The van der Waals surface area contributed by atoms with Crippen LogP contribution < -0.4 is 29.7 Å². The third kappa shape index (κ3) is 9.55. The molecule has 5 N–H and O–H groups in total. The van der Waals surface area contributed by atoms with E-state index in [-0.39, 0.29) is 73.5 Å². The van der Waals surface area contributed by atoms with Crippen molar-refractivity contribution < 1.29 is 43.1 Å². The number of aromatic amines is 1. The van der Waals surface area contributed by atoms with Gasteiger partial charge in [0.25, 0.3) is 0 Å². The maximum atomic E-state index is 16.1. The molecule has 1 unspecified atom stereocenters. The summed E-state index contributed by atoms with van der Waals surface area (Å²) in [5, 5.41) is 45.6. The van der Waals surface area contributed by atoms with Crippen molar-refractivity contribution in [2.45, 2.75) is 121 Å². The van der Waals surface area contributed by atoms with Crippen LogP contribution in [0.2, 0.25) is 5.02 Å². The lowest BCUT2D eigenvalue weighted by Crippen LogP contribution is -2.57. The van der Waals surface area contributed by atoms with Gasteiger partial charge in [0.05, 0.1) is 82.4 Å². The molecule has 426 valence electrons. The Bertz CT molecular complexity index is 3740. The number of piperazine rings is 1. The highest BCUT2D eigenvalue weighted by Crippen LogP contribution is 2.56. The first-order valence-electron chi connectivity index (χ1n) is 27.9. The first kappa shape index (κ1) is 53.9. The number of aryl methyl sites for hydroxylation is 1. The number of nitrogens with one attached hydrogen (secondary N) is 3. The van der Waals surface area contributed by atoms with E-state index in [1.165, 1.54) is 27.0 Å². The number of hydrogen-bond donors (Lipinski definition) is 5. The summed E-state index contributed by atoms with van der Waals surface area (Å²) < 4.78 is 43.9. The lowest BCUT2D eigenvalue weighted by atomic mass is 9.93. The van der Waals surface area contributed by atoms with Crippen molar-refractivity contribution >= 4 is 62.4 Å². The van der Waals surface area contributed by atoms with Crippen LogP contribution >= 0.6 is 22.9 Å². The van der Waals surface area contributed by atoms with Crippen LogP contribution in [0, 0.1) is 25.6 Å². The van der Waals surface area contributed by atoms with Crippen molar-refractivity contribution in [3.63, 3.8) is 0 Å². The van der Waals surface area contributed by atoms with Gasteiger partial charge >= 0.3 is 6.01 Å². The molecule has 82 heavy (non-hydrogen) atoms. The predicted molar refractivity (Wildman–Crippen MR) is 305 cm³/mol. The minimum atomic E-state index is -0.993. The number of carbonyl (C=O) groups is 2. The number of aromatic nitrogens is 8. The molecular formula is C59H62ClFN12O8S. The SMILES string of the molecule is Cc1ncsc1-c1ccc([C@H](CO)NC(=O)[C@@H]2C[C@@H](O)CN2C(=O)[C@H](C(C)C)n2cc(-c3ccc(COc4c(-c5c(C)c(F)cc6[nH]ncc56)c(Cl)c5c6c(nc(OC7CCOCC7)nc46)N4C([C@@H]6C[C@H]4CN6)[C@@H](C)O5)cc3)nn2)cc1. The fourth-order valence-electron chi connectivity index (χ4n) is 12.8. The Kier molecular flexibility index (Phi) is 14.3.